The van der Waals surface area contributed by atoms with Crippen LogP contribution in [0.3, 0.4) is 0 Å². The van der Waals surface area contributed by atoms with E-state index in [4.69, 9.17) is 23.2 Å². The van der Waals surface area contributed by atoms with Crippen molar-refractivity contribution in [2.45, 2.75) is 12.8 Å². The van der Waals surface area contributed by atoms with Gasteiger partial charge < -0.3 is 5.32 Å². The van der Waals surface area contributed by atoms with Crippen molar-refractivity contribution in [2.75, 3.05) is 5.32 Å². The van der Waals surface area contributed by atoms with Gasteiger partial charge in [-0.1, -0.05) is 35.3 Å². The Balaban J connectivity index is 1.90. The molecule has 0 aromatic heterocycles. The van der Waals surface area contributed by atoms with Gasteiger partial charge in [0.05, 0.1) is 10.0 Å². The van der Waals surface area contributed by atoms with E-state index in [-0.39, 0.29) is 18.1 Å². The average molecular weight is 312 g/mol. The average Bonchev–Trinajstić information content (AvgIpc) is 2.40. The van der Waals surface area contributed by atoms with Gasteiger partial charge in [0, 0.05) is 12.1 Å². The van der Waals surface area contributed by atoms with Crippen molar-refractivity contribution in [1.82, 2.24) is 0 Å². The second kappa shape index (κ2) is 6.73. The Morgan fingerprint density at radius 1 is 1.10 bits per heavy atom. The van der Waals surface area contributed by atoms with Crippen LogP contribution in [0.25, 0.3) is 0 Å². The van der Waals surface area contributed by atoms with Gasteiger partial charge in [-0.05, 0) is 42.3 Å². The van der Waals surface area contributed by atoms with Gasteiger partial charge in [0.15, 0.2) is 0 Å². The van der Waals surface area contributed by atoms with Crippen molar-refractivity contribution in [1.29, 1.82) is 0 Å². The van der Waals surface area contributed by atoms with Crippen LogP contribution >= 0.6 is 23.2 Å². The molecule has 0 bridgehead atoms. The highest BCUT2D eigenvalue weighted by molar-refractivity contribution is 6.42. The molecule has 0 aliphatic carbocycles. The SMILES string of the molecule is O=C(CCc1ccc(Cl)c(Cl)c1)Nc1cccc(F)c1. The first kappa shape index (κ1) is 14.8. The number of carbonyl (C=O) groups is 1. The summed E-state index contributed by atoms with van der Waals surface area (Å²) in [5.41, 5.74) is 1.37. The number of aryl methyl sites for hydroxylation is 1. The van der Waals surface area contributed by atoms with E-state index in [1.807, 2.05) is 6.07 Å². The molecule has 0 radical (unpaired) electrons. The Labute approximate surface area is 126 Å². The van der Waals surface area contributed by atoms with E-state index in [9.17, 15) is 9.18 Å². The summed E-state index contributed by atoms with van der Waals surface area (Å²) in [6.45, 7) is 0. The van der Waals surface area contributed by atoms with Crippen LogP contribution in [0.4, 0.5) is 10.1 Å². The molecule has 5 heteroatoms. The Morgan fingerprint density at radius 3 is 2.60 bits per heavy atom. The number of rotatable bonds is 4. The molecular formula is C15H12Cl2FNO. The van der Waals surface area contributed by atoms with Gasteiger partial charge in [-0.3, -0.25) is 4.79 Å². The van der Waals surface area contributed by atoms with Gasteiger partial charge in [0.2, 0.25) is 5.91 Å². The van der Waals surface area contributed by atoms with Crippen LogP contribution < -0.4 is 5.32 Å². The Morgan fingerprint density at radius 2 is 1.90 bits per heavy atom. The molecule has 2 nitrogen and oxygen atoms in total. The highest BCUT2D eigenvalue weighted by Gasteiger charge is 2.05. The first-order valence-electron chi connectivity index (χ1n) is 6.04. The van der Waals surface area contributed by atoms with E-state index >= 15 is 0 Å². The third-order valence-corrected chi connectivity index (χ3v) is 3.47. The lowest BCUT2D eigenvalue weighted by Gasteiger charge is -2.06. The summed E-state index contributed by atoms with van der Waals surface area (Å²) in [5.74, 6) is -0.561. The van der Waals surface area contributed by atoms with E-state index in [0.29, 0.717) is 22.2 Å². The molecule has 0 saturated carbocycles. The summed E-state index contributed by atoms with van der Waals surface area (Å²) in [6.07, 6.45) is 0.826. The monoisotopic (exact) mass is 311 g/mol. The molecule has 2 rings (SSSR count). The van der Waals surface area contributed by atoms with Crippen LogP contribution in [-0.4, -0.2) is 5.91 Å². The fourth-order valence-electron chi connectivity index (χ4n) is 1.74. The standard InChI is InChI=1S/C15H12Cl2FNO/c16-13-6-4-10(8-14(13)17)5-7-15(20)19-12-3-1-2-11(18)9-12/h1-4,6,8-9H,5,7H2,(H,19,20). The number of hydrogen-bond donors (Lipinski definition) is 1. The fourth-order valence-corrected chi connectivity index (χ4v) is 2.06. The molecule has 2 aromatic rings. The summed E-state index contributed by atoms with van der Waals surface area (Å²) in [5, 5.41) is 3.59. The number of amides is 1. The van der Waals surface area contributed by atoms with Gasteiger partial charge >= 0.3 is 0 Å². The molecule has 0 aliphatic heterocycles. The molecule has 20 heavy (non-hydrogen) atoms. The molecule has 0 atom stereocenters. The smallest absolute Gasteiger partial charge is 0.224 e. The number of anilines is 1. The number of halogens is 3. The van der Waals surface area contributed by atoms with Crippen LogP contribution in [-0.2, 0) is 11.2 Å². The predicted molar refractivity (Wildman–Crippen MR) is 79.8 cm³/mol. The quantitative estimate of drug-likeness (QED) is 0.871. The van der Waals surface area contributed by atoms with E-state index in [1.54, 1.807) is 24.3 Å². The maximum Gasteiger partial charge on any atom is 0.224 e. The third-order valence-electron chi connectivity index (χ3n) is 2.73. The second-order valence-corrected chi connectivity index (χ2v) is 5.12. The molecule has 0 heterocycles. The van der Waals surface area contributed by atoms with E-state index in [0.717, 1.165) is 5.56 Å². The van der Waals surface area contributed by atoms with E-state index in [1.165, 1.54) is 12.1 Å². The molecule has 104 valence electrons. The zero-order valence-corrected chi connectivity index (χ0v) is 12.0. The molecule has 1 N–H and O–H groups in total. The van der Waals surface area contributed by atoms with Crippen molar-refractivity contribution in [3.8, 4) is 0 Å². The predicted octanol–water partition coefficient (Wildman–Crippen LogP) is 4.70. The van der Waals surface area contributed by atoms with Crippen LogP contribution in [0, 0.1) is 5.82 Å². The Kier molecular flexibility index (Phi) is 4.99. The topological polar surface area (TPSA) is 29.1 Å². The van der Waals surface area contributed by atoms with Gasteiger partial charge in [-0.2, -0.15) is 0 Å². The van der Waals surface area contributed by atoms with Crippen molar-refractivity contribution >= 4 is 34.8 Å². The van der Waals surface area contributed by atoms with Gasteiger partial charge in [-0.15, -0.1) is 0 Å². The maximum atomic E-state index is 13.0. The van der Waals surface area contributed by atoms with Crippen LogP contribution in [0.15, 0.2) is 42.5 Å². The van der Waals surface area contributed by atoms with Crippen molar-refractivity contribution in [2.24, 2.45) is 0 Å². The summed E-state index contributed by atoms with van der Waals surface area (Å²) >= 11 is 11.7. The van der Waals surface area contributed by atoms with Crippen molar-refractivity contribution < 1.29 is 9.18 Å². The number of hydrogen-bond acceptors (Lipinski definition) is 1. The van der Waals surface area contributed by atoms with Crippen molar-refractivity contribution in [3.63, 3.8) is 0 Å². The minimum absolute atomic E-state index is 0.179. The molecule has 2 aromatic carbocycles. The minimum atomic E-state index is -0.382. The summed E-state index contributed by atoms with van der Waals surface area (Å²) in [4.78, 5) is 11.8. The highest BCUT2D eigenvalue weighted by Crippen LogP contribution is 2.23. The normalized spacial score (nSPS) is 10.3. The lowest BCUT2D eigenvalue weighted by atomic mass is 10.1. The van der Waals surface area contributed by atoms with Crippen LogP contribution in [0.1, 0.15) is 12.0 Å². The van der Waals surface area contributed by atoms with Crippen LogP contribution in [0.2, 0.25) is 10.0 Å². The number of benzene rings is 2. The first-order chi connectivity index (χ1) is 9.54. The maximum absolute atomic E-state index is 13.0. The van der Waals surface area contributed by atoms with E-state index < -0.39 is 0 Å². The minimum Gasteiger partial charge on any atom is -0.326 e. The number of nitrogens with one attached hydrogen (secondary N) is 1. The number of carbonyl (C=O) groups excluding carboxylic acids is 1. The molecule has 0 saturated heterocycles. The summed E-state index contributed by atoms with van der Waals surface area (Å²) in [7, 11) is 0. The highest BCUT2D eigenvalue weighted by atomic mass is 35.5. The van der Waals surface area contributed by atoms with Gasteiger partial charge in [0.1, 0.15) is 5.82 Å². The molecule has 0 fully saturated rings. The molecule has 0 unspecified atom stereocenters. The lowest BCUT2D eigenvalue weighted by molar-refractivity contribution is -0.116. The Bertz CT molecular complexity index is 631. The largest absolute Gasteiger partial charge is 0.326 e. The third kappa shape index (κ3) is 4.22. The summed E-state index contributed by atoms with van der Waals surface area (Å²) in [6, 6.07) is 11.0. The first-order valence-corrected chi connectivity index (χ1v) is 6.79. The zero-order chi connectivity index (χ0) is 14.5. The Hall–Kier alpha value is -1.58. The molecule has 0 aliphatic rings. The van der Waals surface area contributed by atoms with E-state index in [2.05, 4.69) is 5.32 Å². The van der Waals surface area contributed by atoms with Gasteiger partial charge in [0.25, 0.3) is 0 Å². The fraction of sp³-hybridized carbons (Fsp3) is 0.133. The van der Waals surface area contributed by atoms with Gasteiger partial charge in [-0.25, -0.2) is 4.39 Å². The molecule has 1 amide bonds. The molecule has 0 spiro atoms. The molecular weight excluding hydrogens is 300 g/mol. The summed E-state index contributed by atoms with van der Waals surface area (Å²) < 4.78 is 13.0. The lowest BCUT2D eigenvalue weighted by Crippen LogP contribution is -2.12. The van der Waals surface area contributed by atoms with Crippen LogP contribution in [0.5, 0.6) is 0 Å². The van der Waals surface area contributed by atoms with Crippen molar-refractivity contribution in [3.05, 3.63) is 63.9 Å². The second-order valence-electron chi connectivity index (χ2n) is 4.31. The zero-order valence-electron chi connectivity index (χ0n) is 10.5.